The van der Waals surface area contributed by atoms with Gasteiger partial charge in [0, 0.05) is 6.04 Å². The Morgan fingerprint density at radius 3 is 2.56 bits per heavy atom. The van der Waals surface area contributed by atoms with E-state index in [4.69, 9.17) is 5.73 Å². The number of rotatable bonds is 6. The Balaban J connectivity index is 1.97. The van der Waals surface area contributed by atoms with Gasteiger partial charge in [0.25, 0.3) is 0 Å². The van der Waals surface area contributed by atoms with Crippen LogP contribution in [0.1, 0.15) is 31.2 Å². The van der Waals surface area contributed by atoms with Crippen LogP contribution in [0.25, 0.3) is 0 Å². The van der Waals surface area contributed by atoms with Crippen LogP contribution in [0.4, 0.5) is 0 Å². The molecular formula is C15H22N2O. The van der Waals surface area contributed by atoms with Crippen LogP contribution in [0.15, 0.2) is 30.3 Å². The molecule has 18 heavy (non-hydrogen) atoms. The minimum absolute atomic E-state index is 0.272. The summed E-state index contributed by atoms with van der Waals surface area (Å²) in [6, 6.07) is 10.8. The smallest absolute Gasteiger partial charge is 0.231 e. The molecular weight excluding hydrogens is 224 g/mol. The lowest BCUT2D eigenvalue weighted by atomic mass is 9.92. The standard InChI is InChI=1S/C15H22N2O/c16-15(18)11-17-14(13-8-4-5-9-13)10-12-6-2-1-3-7-12/h1-3,6-7,13-14,17H,4-5,8-11H2,(H2,16,18)/t14-/m1/s1. The first-order chi connectivity index (χ1) is 8.75. The second-order valence-electron chi connectivity index (χ2n) is 5.19. The predicted octanol–water partition coefficient (Wildman–Crippen LogP) is 1.86. The molecule has 0 unspecified atom stereocenters. The minimum atomic E-state index is -0.272. The molecule has 1 aromatic rings. The summed E-state index contributed by atoms with van der Waals surface area (Å²) in [7, 11) is 0. The van der Waals surface area contributed by atoms with Gasteiger partial charge in [-0.25, -0.2) is 0 Å². The molecule has 0 radical (unpaired) electrons. The number of nitrogens with one attached hydrogen (secondary N) is 1. The Morgan fingerprint density at radius 2 is 1.94 bits per heavy atom. The van der Waals surface area contributed by atoms with Gasteiger partial charge < -0.3 is 11.1 Å². The average Bonchev–Trinajstić information content (AvgIpc) is 2.89. The molecule has 1 aromatic carbocycles. The molecule has 0 aromatic heterocycles. The van der Waals surface area contributed by atoms with Crippen LogP contribution >= 0.6 is 0 Å². The maximum Gasteiger partial charge on any atom is 0.231 e. The molecule has 0 bridgehead atoms. The summed E-state index contributed by atoms with van der Waals surface area (Å²) in [5, 5.41) is 3.34. The van der Waals surface area contributed by atoms with Crippen molar-refractivity contribution >= 4 is 5.91 Å². The van der Waals surface area contributed by atoms with Gasteiger partial charge in [-0.2, -0.15) is 0 Å². The fourth-order valence-electron chi connectivity index (χ4n) is 2.86. The first-order valence-corrected chi connectivity index (χ1v) is 6.81. The summed E-state index contributed by atoms with van der Waals surface area (Å²) >= 11 is 0. The van der Waals surface area contributed by atoms with Crippen molar-refractivity contribution in [2.45, 2.75) is 38.1 Å². The average molecular weight is 246 g/mol. The lowest BCUT2D eigenvalue weighted by molar-refractivity contribution is -0.117. The van der Waals surface area contributed by atoms with E-state index in [-0.39, 0.29) is 12.5 Å². The third-order valence-electron chi connectivity index (χ3n) is 3.81. The van der Waals surface area contributed by atoms with Gasteiger partial charge in [0.15, 0.2) is 0 Å². The number of carbonyl (C=O) groups excluding carboxylic acids is 1. The normalized spacial score (nSPS) is 17.8. The summed E-state index contributed by atoms with van der Waals surface area (Å²) in [6.07, 6.45) is 6.15. The van der Waals surface area contributed by atoms with Gasteiger partial charge in [0.2, 0.25) is 5.91 Å². The zero-order valence-electron chi connectivity index (χ0n) is 10.8. The van der Waals surface area contributed by atoms with Crippen molar-refractivity contribution in [3.63, 3.8) is 0 Å². The molecule has 98 valence electrons. The van der Waals surface area contributed by atoms with Crippen LogP contribution < -0.4 is 11.1 Å². The van der Waals surface area contributed by atoms with Crippen molar-refractivity contribution in [2.24, 2.45) is 11.7 Å². The highest BCUT2D eigenvalue weighted by Crippen LogP contribution is 2.29. The maximum absolute atomic E-state index is 10.9. The summed E-state index contributed by atoms with van der Waals surface area (Å²) in [5.41, 5.74) is 6.56. The van der Waals surface area contributed by atoms with Crippen LogP contribution in [0.3, 0.4) is 0 Å². The third kappa shape index (κ3) is 3.84. The van der Waals surface area contributed by atoms with E-state index < -0.39 is 0 Å². The van der Waals surface area contributed by atoms with Crippen molar-refractivity contribution in [1.29, 1.82) is 0 Å². The zero-order valence-corrected chi connectivity index (χ0v) is 10.8. The summed E-state index contributed by atoms with van der Waals surface area (Å²) in [4.78, 5) is 10.9. The highest BCUT2D eigenvalue weighted by Gasteiger charge is 2.25. The third-order valence-corrected chi connectivity index (χ3v) is 3.81. The van der Waals surface area contributed by atoms with Crippen LogP contribution in [-0.4, -0.2) is 18.5 Å². The molecule has 1 aliphatic carbocycles. The molecule has 1 atom stereocenters. The number of hydrogen-bond donors (Lipinski definition) is 2. The van der Waals surface area contributed by atoms with Crippen molar-refractivity contribution < 1.29 is 4.79 Å². The van der Waals surface area contributed by atoms with Gasteiger partial charge >= 0.3 is 0 Å². The Morgan fingerprint density at radius 1 is 1.28 bits per heavy atom. The fraction of sp³-hybridized carbons (Fsp3) is 0.533. The number of primary amides is 1. The largest absolute Gasteiger partial charge is 0.369 e. The minimum Gasteiger partial charge on any atom is -0.369 e. The lowest BCUT2D eigenvalue weighted by Crippen LogP contribution is -2.41. The molecule has 3 heteroatoms. The van der Waals surface area contributed by atoms with Gasteiger partial charge in [-0.1, -0.05) is 43.2 Å². The number of nitrogens with two attached hydrogens (primary N) is 1. The molecule has 3 N–H and O–H groups in total. The van der Waals surface area contributed by atoms with Gasteiger partial charge in [-0.3, -0.25) is 4.79 Å². The van der Waals surface area contributed by atoms with Crippen LogP contribution in [0.5, 0.6) is 0 Å². The molecule has 0 aliphatic heterocycles. The first kappa shape index (κ1) is 13.1. The number of benzene rings is 1. The molecule has 2 rings (SSSR count). The van der Waals surface area contributed by atoms with Crippen molar-refractivity contribution in [2.75, 3.05) is 6.54 Å². The number of hydrogen-bond acceptors (Lipinski definition) is 2. The Labute approximate surface area is 109 Å². The van der Waals surface area contributed by atoms with Crippen molar-refractivity contribution in [1.82, 2.24) is 5.32 Å². The van der Waals surface area contributed by atoms with E-state index in [1.165, 1.54) is 31.2 Å². The van der Waals surface area contributed by atoms with E-state index in [2.05, 4.69) is 29.6 Å². The van der Waals surface area contributed by atoms with E-state index in [9.17, 15) is 4.79 Å². The Bertz CT molecular complexity index is 371. The van der Waals surface area contributed by atoms with E-state index in [0.717, 1.165) is 6.42 Å². The van der Waals surface area contributed by atoms with Crippen LogP contribution in [-0.2, 0) is 11.2 Å². The molecule has 1 fully saturated rings. The van der Waals surface area contributed by atoms with E-state index in [1.54, 1.807) is 0 Å². The highest BCUT2D eigenvalue weighted by molar-refractivity contribution is 5.75. The molecule has 1 amide bonds. The van der Waals surface area contributed by atoms with Crippen molar-refractivity contribution in [3.05, 3.63) is 35.9 Å². The van der Waals surface area contributed by atoms with Gasteiger partial charge in [-0.05, 0) is 30.7 Å². The van der Waals surface area contributed by atoms with Gasteiger partial charge in [0.05, 0.1) is 6.54 Å². The fourth-order valence-corrected chi connectivity index (χ4v) is 2.86. The number of amides is 1. The second kappa shape index (κ2) is 6.55. The first-order valence-electron chi connectivity index (χ1n) is 6.81. The number of carbonyl (C=O) groups is 1. The topological polar surface area (TPSA) is 55.1 Å². The predicted molar refractivity (Wildman–Crippen MR) is 73.1 cm³/mol. The monoisotopic (exact) mass is 246 g/mol. The van der Waals surface area contributed by atoms with E-state index in [1.807, 2.05) is 6.07 Å². The van der Waals surface area contributed by atoms with Crippen molar-refractivity contribution in [3.8, 4) is 0 Å². The zero-order chi connectivity index (χ0) is 12.8. The quantitative estimate of drug-likeness (QED) is 0.805. The lowest BCUT2D eigenvalue weighted by Gasteiger charge is -2.24. The van der Waals surface area contributed by atoms with E-state index in [0.29, 0.717) is 12.0 Å². The van der Waals surface area contributed by atoms with Crippen LogP contribution in [0.2, 0.25) is 0 Å². The SMILES string of the molecule is NC(=O)CN[C@H](Cc1ccccc1)C1CCCC1. The van der Waals surface area contributed by atoms with Crippen LogP contribution in [0, 0.1) is 5.92 Å². The molecule has 0 saturated heterocycles. The maximum atomic E-state index is 10.9. The van der Waals surface area contributed by atoms with E-state index >= 15 is 0 Å². The molecule has 3 nitrogen and oxygen atoms in total. The van der Waals surface area contributed by atoms with Gasteiger partial charge in [-0.15, -0.1) is 0 Å². The molecule has 0 heterocycles. The molecule has 0 spiro atoms. The summed E-state index contributed by atoms with van der Waals surface area (Å²) in [6.45, 7) is 0.286. The van der Waals surface area contributed by atoms with Gasteiger partial charge in [0.1, 0.15) is 0 Å². The summed E-state index contributed by atoms with van der Waals surface area (Å²) < 4.78 is 0. The molecule has 1 saturated carbocycles. The highest BCUT2D eigenvalue weighted by atomic mass is 16.1. The summed E-state index contributed by atoms with van der Waals surface area (Å²) in [5.74, 6) is 0.413. The molecule has 1 aliphatic rings. The Hall–Kier alpha value is -1.35. The second-order valence-corrected chi connectivity index (χ2v) is 5.19. The Kier molecular flexibility index (Phi) is 4.76.